The number of hydrogen-bond donors (Lipinski definition) is 2. The number of aryl methyl sites for hydroxylation is 1. The Hall–Kier alpha value is -2.04. The SMILES string of the molecule is NC(=O)[C@H]1CCCN(C(=O)[C@@H]2CCc3cccc(O)c32)C1. The third-order valence-electron chi connectivity index (χ3n) is 4.66. The summed E-state index contributed by atoms with van der Waals surface area (Å²) in [5.41, 5.74) is 7.19. The van der Waals surface area contributed by atoms with Gasteiger partial charge in [-0.05, 0) is 37.3 Å². The van der Waals surface area contributed by atoms with E-state index < -0.39 is 0 Å². The Kier molecular flexibility index (Phi) is 3.57. The van der Waals surface area contributed by atoms with Crippen molar-refractivity contribution >= 4 is 11.8 Å². The van der Waals surface area contributed by atoms with Gasteiger partial charge in [0.15, 0.2) is 0 Å². The van der Waals surface area contributed by atoms with Crippen molar-refractivity contribution in [3.8, 4) is 5.75 Å². The van der Waals surface area contributed by atoms with E-state index in [-0.39, 0.29) is 29.4 Å². The van der Waals surface area contributed by atoms with E-state index in [1.165, 1.54) is 0 Å². The second kappa shape index (κ2) is 5.39. The quantitative estimate of drug-likeness (QED) is 0.856. The van der Waals surface area contributed by atoms with E-state index in [1.807, 2.05) is 12.1 Å². The van der Waals surface area contributed by atoms with Crippen LogP contribution in [0.3, 0.4) is 0 Å². The van der Waals surface area contributed by atoms with E-state index in [0.29, 0.717) is 13.1 Å². The number of piperidine rings is 1. The van der Waals surface area contributed by atoms with Gasteiger partial charge >= 0.3 is 0 Å². The van der Waals surface area contributed by atoms with Gasteiger partial charge in [-0.3, -0.25) is 9.59 Å². The van der Waals surface area contributed by atoms with Crippen LogP contribution in [0.15, 0.2) is 18.2 Å². The molecule has 5 nitrogen and oxygen atoms in total. The molecular formula is C16H20N2O3. The molecule has 0 unspecified atom stereocenters. The summed E-state index contributed by atoms with van der Waals surface area (Å²) in [6, 6.07) is 5.41. The summed E-state index contributed by atoms with van der Waals surface area (Å²) in [4.78, 5) is 25.8. The number of nitrogens with two attached hydrogens (primary N) is 1. The standard InChI is InChI=1S/C16H20N2O3/c17-15(20)11-4-2-8-18(9-11)16(21)12-7-6-10-3-1-5-13(19)14(10)12/h1,3,5,11-12,19H,2,4,6-9H2,(H2,17,20)/t11-,12+/m0/s1. The van der Waals surface area contributed by atoms with Crippen molar-refractivity contribution in [2.75, 3.05) is 13.1 Å². The third kappa shape index (κ3) is 2.48. The predicted molar refractivity (Wildman–Crippen MR) is 77.7 cm³/mol. The van der Waals surface area contributed by atoms with E-state index >= 15 is 0 Å². The lowest BCUT2D eigenvalue weighted by atomic mass is 9.94. The first-order valence-corrected chi connectivity index (χ1v) is 7.46. The Balaban J connectivity index is 1.80. The van der Waals surface area contributed by atoms with Crippen molar-refractivity contribution in [2.24, 2.45) is 11.7 Å². The lowest BCUT2D eigenvalue weighted by Gasteiger charge is -2.33. The first-order chi connectivity index (χ1) is 10.1. The van der Waals surface area contributed by atoms with Gasteiger partial charge in [0.1, 0.15) is 5.75 Å². The molecule has 21 heavy (non-hydrogen) atoms. The molecule has 0 aromatic heterocycles. The van der Waals surface area contributed by atoms with Crippen molar-refractivity contribution in [1.82, 2.24) is 4.90 Å². The zero-order valence-electron chi connectivity index (χ0n) is 11.9. The van der Waals surface area contributed by atoms with Gasteiger partial charge in [-0.25, -0.2) is 0 Å². The minimum absolute atomic E-state index is 0.0150. The van der Waals surface area contributed by atoms with Gasteiger partial charge in [0.2, 0.25) is 11.8 Å². The van der Waals surface area contributed by atoms with Gasteiger partial charge in [0.25, 0.3) is 0 Å². The number of amides is 2. The van der Waals surface area contributed by atoms with E-state index in [4.69, 9.17) is 5.73 Å². The maximum absolute atomic E-state index is 12.7. The lowest BCUT2D eigenvalue weighted by Crippen LogP contribution is -2.45. The molecule has 0 spiro atoms. The number of primary amides is 1. The molecule has 5 heteroatoms. The number of rotatable bonds is 2. The predicted octanol–water partition coefficient (Wildman–Crippen LogP) is 1.15. The highest BCUT2D eigenvalue weighted by Crippen LogP contribution is 2.40. The van der Waals surface area contributed by atoms with E-state index in [0.717, 1.165) is 36.8 Å². The van der Waals surface area contributed by atoms with Crippen LogP contribution in [0.5, 0.6) is 5.75 Å². The lowest BCUT2D eigenvalue weighted by molar-refractivity contribution is -0.136. The second-order valence-corrected chi connectivity index (χ2v) is 5.97. The van der Waals surface area contributed by atoms with Crippen LogP contribution in [0.25, 0.3) is 0 Å². The van der Waals surface area contributed by atoms with Gasteiger partial charge in [-0.2, -0.15) is 0 Å². The molecule has 2 atom stereocenters. The highest BCUT2D eigenvalue weighted by Gasteiger charge is 2.36. The number of phenols is 1. The summed E-state index contributed by atoms with van der Waals surface area (Å²) in [6.07, 6.45) is 3.10. The highest BCUT2D eigenvalue weighted by atomic mass is 16.3. The molecule has 3 N–H and O–H groups in total. The molecule has 1 heterocycles. The van der Waals surface area contributed by atoms with Crippen LogP contribution >= 0.6 is 0 Å². The molecule has 1 saturated heterocycles. The summed E-state index contributed by atoms with van der Waals surface area (Å²) in [5, 5.41) is 10.0. The largest absolute Gasteiger partial charge is 0.508 e. The molecule has 1 aromatic rings. The maximum atomic E-state index is 12.7. The van der Waals surface area contributed by atoms with Crippen LogP contribution in [-0.2, 0) is 16.0 Å². The molecule has 1 aliphatic heterocycles. The van der Waals surface area contributed by atoms with Gasteiger partial charge in [-0.1, -0.05) is 12.1 Å². The monoisotopic (exact) mass is 288 g/mol. The summed E-state index contributed by atoms with van der Waals surface area (Å²) in [5.74, 6) is -0.643. The molecular weight excluding hydrogens is 268 g/mol. The van der Waals surface area contributed by atoms with Gasteiger partial charge in [-0.15, -0.1) is 0 Å². The Bertz CT molecular complexity index is 585. The fourth-order valence-electron chi connectivity index (χ4n) is 3.54. The average Bonchev–Trinajstić information content (AvgIpc) is 2.92. The molecule has 2 aliphatic rings. The molecule has 112 valence electrons. The number of fused-ring (bicyclic) bond motifs is 1. The first-order valence-electron chi connectivity index (χ1n) is 7.46. The minimum atomic E-state index is -0.331. The molecule has 1 aromatic carbocycles. The summed E-state index contributed by atoms with van der Waals surface area (Å²) >= 11 is 0. The van der Waals surface area contributed by atoms with E-state index in [2.05, 4.69) is 0 Å². The fraction of sp³-hybridized carbons (Fsp3) is 0.500. The van der Waals surface area contributed by atoms with Gasteiger partial charge in [0, 0.05) is 18.7 Å². The van der Waals surface area contributed by atoms with Crippen LogP contribution in [0, 0.1) is 5.92 Å². The Labute approximate surface area is 123 Å². The zero-order valence-corrected chi connectivity index (χ0v) is 11.9. The van der Waals surface area contributed by atoms with Crippen molar-refractivity contribution in [3.05, 3.63) is 29.3 Å². The Morgan fingerprint density at radius 3 is 2.86 bits per heavy atom. The topological polar surface area (TPSA) is 83.6 Å². The number of nitrogens with zero attached hydrogens (tertiary/aromatic N) is 1. The van der Waals surface area contributed by atoms with Crippen LogP contribution in [0.2, 0.25) is 0 Å². The molecule has 1 aliphatic carbocycles. The number of carbonyl (C=O) groups excluding carboxylic acids is 2. The minimum Gasteiger partial charge on any atom is -0.508 e. The number of likely N-dealkylation sites (tertiary alicyclic amines) is 1. The number of carbonyl (C=O) groups is 2. The molecule has 3 rings (SSSR count). The normalized spacial score (nSPS) is 24.7. The average molecular weight is 288 g/mol. The summed E-state index contributed by atoms with van der Waals surface area (Å²) in [7, 11) is 0. The Morgan fingerprint density at radius 2 is 2.10 bits per heavy atom. The number of hydrogen-bond acceptors (Lipinski definition) is 3. The van der Waals surface area contributed by atoms with Crippen LogP contribution in [0.1, 0.15) is 36.3 Å². The number of phenolic OH excluding ortho intramolecular Hbond substituents is 1. The molecule has 0 radical (unpaired) electrons. The second-order valence-electron chi connectivity index (χ2n) is 5.97. The van der Waals surface area contributed by atoms with Gasteiger partial charge < -0.3 is 15.7 Å². The fourth-order valence-corrected chi connectivity index (χ4v) is 3.54. The highest BCUT2D eigenvalue weighted by molar-refractivity contribution is 5.87. The molecule has 2 amide bonds. The smallest absolute Gasteiger partial charge is 0.230 e. The summed E-state index contributed by atoms with van der Waals surface area (Å²) < 4.78 is 0. The van der Waals surface area contributed by atoms with Gasteiger partial charge in [0.05, 0.1) is 11.8 Å². The van der Waals surface area contributed by atoms with Crippen molar-refractivity contribution in [3.63, 3.8) is 0 Å². The van der Waals surface area contributed by atoms with E-state index in [1.54, 1.807) is 11.0 Å². The molecule has 1 fully saturated rings. The molecule has 0 saturated carbocycles. The Morgan fingerprint density at radius 1 is 1.29 bits per heavy atom. The number of aromatic hydroxyl groups is 1. The van der Waals surface area contributed by atoms with Crippen LogP contribution in [-0.4, -0.2) is 34.9 Å². The van der Waals surface area contributed by atoms with Crippen molar-refractivity contribution in [2.45, 2.75) is 31.6 Å². The van der Waals surface area contributed by atoms with Crippen molar-refractivity contribution in [1.29, 1.82) is 0 Å². The third-order valence-corrected chi connectivity index (χ3v) is 4.66. The number of benzene rings is 1. The molecule has 0 bridgehead atoms. The van der Waals surface area contributed by atoms with Crippen LogP contribution < -0.4 is 5.73 Å². The van der Waals surface area contributed by atoms with Crippen LogP contribution in [0.4, 0.5) is 0 Å². The zero-order chi connectivity index (χ0) is 15.0. The maximum Gasteiger partial charge on any atom is 0.230 e. The van der Waals surface area contributed by atoms with Crippen molar-refractivity contribution < 1.29 is 14.7 Å². The van der Waals surface area contributed by atoms with E-state index in [9.17, 15) is 14.7 Å². The first kappa shape index (κ1) is 13.9. The summed E-state index contributed by atoms with van der Waals surface area (Å²) in [6.45, 7) is 1.08.